The Bertz CT molecular complexity index is 497. The molecule has 0 aliphatic rings. The lowest BCUT2D eigenvalue weighted by atomic mass is 10.0. The van der Waals surface area contributed by atoms with E-state index in [4.69, 9.17) is 4.74 Å². The van der Waals surface area contributed by atoms with Crippen LogP contribution in [0.1, 0.15) is 62.9 Å². The zero-order valence-electron chi connectivity index (χ0n) is 13.9. The van der Waals surface area contributed by atoms with E-state index in [1.54, 1.807) is 24.3 Å². The topological polar surface area (TPSA) is 63.6 Å². The summed E-state index contributed by atoms with van der Waals surface area (Å²) < 4.78 is 5.29. The second-order valence-electron chi connectivity index (χ2n) is 6.55. The molecule has 1 aromatic rings. The number of aliphatic hydroxyl groups excluding tert-OH is 1. The van der Waals surface area contributed by atoms with Gasteiger partial charge in [0.2, 0.25) is 0 Å². The molecule has 0 amide bonds. The summed E-state index contributed by atoms with van der Waals surface area (Å²) in [4.78, 5) is 23.4. The summed E-state index contributed by atoms with van der Waals surface area (Å²) in [5.41, 5.74) is 0.852. The van der Waals surface area contributed by atoms with Gasteiger partial charge in [-0.15, -0.1) is 0 Å². The molecule has 0 aliphatic carbocycles. The molecule has 0 saturated carbocycles. The summed E-state index contributed by atoms with van der Waals surface area (Å²) >= 11 is 0. The third-order valence-electron chi connectivity index (χ3n) is 3.05. The van der Waals surface area contributed by atoms with Crippen LogP contribution in [0.5, 0.6) is 0 Å². The highest BCUT2D eigenvalue weighted by Crippen LogP contribution is 2.14. The average Bonchev–Trinajstić information content (AvgIpc) is 2.37. The fraction of sp³-hybridized carbons (Fsp3) is 0.556. The van der Waals surface area contributed by atoms with Gasteiger partial charge in [-0.3, -0.25) is 4.79 Å². The van der Waals surface area contributed by atoms with Crippen molar-refractivity contribution in [3.63, 3.8) is 0 Å². The highest BCUT2D eigenvalue weighted by atomic mass is 16.6. The van der Waals surface area contributed by atoms with Gasteiger partial charge < -0.3 is 9.84 Å². The lowest BCUT2D eigenvalue weighted by Crippen LogP contribution is -2.23. The number of benzene rings is 1. The van der Waals surface area contributed by atoms with Crippen molar-refractivity contribution < 1.29 is 19.4 Å². The van der Waals surface area contributed by atoms with Gasteiger partial charge in [0.05, 0.1) is 11.7 Å². The van der Waals surface area contributed by atoms with Crippen LogP contribution in [0.3, 0.4) is 0 Å². The van der Waals surface area contributed by atoms with Crippen LogP contribution >= 0.6 is 0 Å². The Balaban J connectivity index is 2.58. The maximum atomic E-state index is 11.9. The molecule has 1 N–H and O–H groups in total. The minimum Gasteiger partial charge on any atom is -0.456 e. The van der Waals surface area contributed by atoms with Gasteiger partial charge in [-0.1, -0.05) is 19.1 Å². The second kappa shape index (κ2) is 8.08. The van der Waals surface area contributed by atoms with Crippen molar-refractivity contribution in [3.05, 3.63) is 35.4 Å². The zero-order valence-corrected chi connectivity index (χ0v) is 13.9. The summed E-state index contributed by atoms with van der Waals surface area (Å²) in [5, 5.41) is 9.92. The predicted octanol–water partition coefficient (Wildman–Crippen LogP) is 3.30. The summed E-state index contributed by atoms with van der Waals surface area (Å²) in [7, 11) is 0. The maximum absolute atomic E-state index is 11.9. The molecule has 0 heterocycles. The maximum Gasteiger partial charge on any atom is 0.338 e. The van der Waals surface area contributed by atoms with Gasteiger partial charge in [-0.2, -0.15) is 0 Å². The number of hydrogen-bond acceptors (Lipinski definition) is 4. The van der Waals surface area contributed by atoms with Crippen LogP contribution in [0.15, 0.2) is 24.3 Å². The van der Waals surface area contributed by atoms with Crippen LogP contribution in [0.4, 0.5) is 0 Å². The number of carbonyl (C=O) groups is 2. The molecular weight excluding hydrogens is 280 g/mol. The minimum absolute atomic E-state index is 0.0837. The normalized spacial score (nSPS) is 12.8. The largest absolute Gasteiger partial charge is 0.456 e. The molecule has 4 nitrogen and oxygen atoms in total. The molecule has 1 atom stereocenters. The van der Waals surface area contributed by atoms with Crippen molar-refractivity contribution in [2.75, 3.05) is 0 Å². The Morgan fingerprint density at radius 3 is 2.27 bits per heavy atom. The summed E-state index contributed by atoms with van der Waals surface area (Å²) in [6.45, 7) is 7.41. The van der Waals surface area contributed by atoms with Gasteiger partial charge in [0.25, 0.3) is 0 Å². The van der Waals surface area contributed by atoms with E-state index < -0.39 is 11.7 Å². The van der Waals surface area contributed by atoms with Crippen LogP contribution in [0.25, 0.3) is 0 Å². The van der Waals surface area contributed by atoms with E-state index in [9.17, 15) is 14.7 Å². The summed E-state index contributed by atoms with van der Waals surface area (Å²) in [5.74, 6) is -0.280. The highest BCUT2D eigenvalue weighted by molar-refractivity contribution is 5.89. The first kappa shape index (κ1) is 18.4. The SMILES string of the molecule is CCCC(=O)CC(O)Cc1ccc(C(=O)OC(C)(C)C)cc1. The van der Waals surface area contributed by atoms with E-state index in [-0.39, 0.29) is 18.2 Å². The molecule has 0 spiro atoms. The molecule has 0 radical (unpaired) electrons. The first-order valence-electron chi connectivity index (χ1n) is 7.73. The number of hydrogen-bond donors (Lipinski definition) is 1. The fourth-order valence-corrected chi connectivity index (χ4v) is 2.10. The van der Waals surface area contributed by atoms with Crippen molar-refractivity contribution in [3.8, 4) is 0 Å². The Labute approximate surface area is 132 Å². The Morgan fingerprint density at radius 2 is 1.77 bits per heavy atom. The summed E-state index contributed by atoms with van der Waals surface area (Å²) in [6.07, 6.45) is 1.22. The van der Waals surface area contributed by atoms with Crippen molar-refractivity contribution in [2.24, 2.45) is 0 Å². The quantitative estimate of drug-likeness (QED) is 0.785. The second-order valence-corrected chi connectivity index (χ2v) is 6.55. The van der Waals surface area contributed by atoms with Crippen molar-refractivity contribution in [2.45, 2.75) is 65.1 Å². The monoisotopic (exact) mass is 306 g/mol. The molecule has 0 saturated heterocycles. The standard InChI is InChI=1S/C18H26O4/c1-5-6-15(19)12-16(20)11-13-7-9-14(10-8-13)17(21)22-18(2,3)4/h7-10,16,20H,5-6,11-12H2,1-4H3. The molecule has 0 aliphatic heterocycles. The molecule has 4 heteroatoms. The molecule has 22 heavy (non-hydrogen) atoms. The first-order valence-corrected chi connectivity index (χ1v) is 7.73. The van der Waals surface area contributed by atoms with Crippen molar-refractivity contribution >= 4 is 11.8 Å². The van der Waals surface area contributed by atoms with Gasteiger partial charge in [-0.05, 0) is 51.3 Å². The number of ketones is 1. The average molecular weight is 306 g/mol. The third-order valence-corrected chi connectivity index (χ3v) is 3.05. The third kappa shape index (κ3) is 6.85. The lowest BCUT2D eigenvalue weighted by molar-refractivity contribution is -0.120. The van der Waals surface area contributed by atoms with Gasteiger partial charge in [-0.25, -0.2) is 4.79 Å². The van der Waals surface area contributed by atoms with Crippen LogP contribution in [0, 0.1) is 0 Å². The number of Topliss-reactive ketones (excluding diaryl/α,β-unsaturated/α-hetero) is 1. The minimum atomic E-state index is -0.675. The van der Waals surface area contributed by atoms with Crippen LogP contribution in [-0.2, 0) is 16.0 Å². The van der Waals surface area contributed by atoms with E-state index in [0.29, 0.717) is 18.4 Å². The number of aliphatic hydroxyl groups is 1. The Kier molecular flexibility index (Phi) is 6.75. The van der Waals surface area contributed by atoms with E-state index in [1.165, 1.54) is 0 Å². The van der Waals surface area contributed by atoms with Crippen molar-refractivity contribution in [1.29, 1.82) is 0 Å². The van der Waals surface area contributed by atoms with Crippen LogP contribution in [0.2, 0.25) is 0 Å². The smallest absolute Gasteiger partial charge is 0.338 e. The number of rotatable bonds is 7. The van der Waals surface area contributed by atoms with Gasteiger partial charge in [0.1, 0.15) is 11.4 Å². The van der Waals surface area contributed by atoms with Crippen LogP contribution in [-0.4, -0.2) is 28.6 Å². The van der Waals surface area contributed by atoms with E-state index in [1.807, 2.05) is 27.7 Å². The van der Waals surface area contributed by atoms with Crippen LogP contribution < -0.4 is 0 Å². The highest BCUT2D eigenvalue weighted by Gasteiger charge is 2.18. The van der Waals surface area contributed by atoms with Crippen molar-refractivity contribution in [1.82, 2.24) is 0 Å². The van der Waals surface area contributed by atoms with E-state index >= 15 is 0 Å². The number of carbonyl (C=O) groups excluding carboxylic acids is 2. The molecule has 1 unspecified atom stereocenters. The first-order chi connectivity index (χ1) is 10.2. The molecule has 122 valence electrons. The summed E-state index contributed by atoms with van der Waals surface area (Å²) in [6, 6.07) is 6.94. The predicted molar refractivity (Wildman–Crippen MR) is 85.9 cm³/mol. The van der Waals surface area contributed by atoms with E-state index in [0.717, 1.165) is 12.0 Å². The molecule has 0 bridgehead atoms. The molecule has 1 rings (SSSR count). The molecule has 0 fully saturated rings. The molecular formula is C18H26O4. The van der Waals surface area contributed by atoms with Gasteiger partial charge in [0, 0.05) is 12.8 Å². The Morgan fingerprint density at radius 1 is 1.18 bits per heavy atom. The zero-order chi connectivity index (χ0) is 16.8. The molecule has 0 aromatic heterocycles. The fourth-order valence-electron chi connectivity index (χ4n) is 2.10. The molecule has 1 aromatic carbocycles. The van der Waals surface area contributed by atoms with Gasteiger partial charge in [0.15, 0.2) is 0 Å². The van der Waals surface area contributed by atoms with E-state index in [2.05, 4.69) is 0 Å². The number of esters is 1. The van der Waals surface area contributed by atoms with Gasteiger partial charge >= 0.3 is 5.97 Å². The Hall–Kier alpha value is -1.68. The lowest BCUT2D eigenvalue weighted by Gasteiger charge is -2.19. The number of ether oxygens (including phenoxy) is 1.